The van der Waals surface area contributed by atoms with E-state index in [0.717, 1.165) is 31.0 Å². The van der Waals surface area contributed by atoms with E-state index in [1.807, 2.05) is 32.2 Å². The molecule has 1 aliphatic heterocycles. The first-order valence-corrected chi connectivity index (χ1v) is 9.53. The Labute approximate surface area is 161 Å². The van der Waals surface area contributed by atoms with E-state index in [1.54, 1.807) is 7.05 Å². The molecule has 0 spiro atoms. The van der Waals surface area contributed by atoms with E-state index < -0.39 is 0 Å². The number of hydrogen-bond acceptors (Lipinski definition) is 4. The summed E-state index contributed by atoms with van der Waals surface area (Å²) in [6.07, 6.45) is 3.06. The topological polar surface area (TPSA) is 61.8 Å². The van der Waals surface area contributed by atoms with Gasteiger partial charge < -0.3 is 20.3 Å². The zero-order valence-corrected chi connectivity index (χ0v) is 16.4. The van der Waals surface area contributed by atoms with Gasteiger partial charge in [0.2, 0.25) is 5.88 Å². The fourth-order valence-corrected chi connectivity index (χ4v) is 3.15. The first-order chi connectivity index (χ1) is 13.1. The van der Waals surface area contributed by atoms with Crippen molar-refractivity contribution < 1.29 is 4.74 Å². The molecule has 0 saturated carbocycles. The largest absolute Gasteiger partial charge is 0.475 e. The average Bonchev–Trinajstić information content (AvgIpc) is 3.15. The highest BCUT2D eigenvalue weighted by atomic mass is 16.5. The highest BCUT2D eigenvalue weighted by molar-refractivity contribution is 5.80. The van der Waals surface area contributed by atoms with Gasteiger partial charge in [0.1, 0.15) is 0 Å². The standard InChI is InChI=1S/C21H29N5O/c1-16(2)27-20-10-9-17(13-23-20)14-24-21(22-3)25-18-11-12-26(15-18)19-7-5-4-6-8-19/h4-10,13,16,18H,11-12,14-15H2,1-3H3,(H2,22,24,25). The molecule has 0 amide bonds. The molecule has 0 radical (unpaired) electrons. The van der Waals surface area contributed by atoms with Crippen molar-refractivity contribution in [1.29, 1.82) is 0 Å². The molecule has 2 heterocycles. The fraction of sp³-hybridized carbons (Fsp3) is 0.429. The van der Waals surface area contributed by atoms with Crippen LogP contribution in [-0.4, -0.2) is 43.2 Å². The Morgan fingerprint density at radius 2 is 2.07 bits per heavy atom. The Hall–Kier alpha value is -2.76. The summed E-state index contributed by atoms with van der Waals surface area (Å²) in [7, 11) is 1.80. The number of hydrogen-bond donors (Lipinski definition) is 2. The number of anilines is 1. The minimum atomic E-state index is 0.131. The lowest BCUT2D eigenvalue weighted by atomic mass is 10.2. The lowest BCUT2D eigenvalue weighted by Gasteiger charge is -2.20. The van der Waals surface area contributed by atoms with Gasteiger partial charge in [0, 0.05) is 50.7 Å². The van der Waals surface area contributed by atoms with Gasteiger partial charge in [-0.3, -0.25) is 4.99 Å². The maximum Gasteiger partial charge on any atom is 0.213 e. The quantitative estimate of drug-likeness (QED) is 0.607. The summed E-state index contributed by atoms with van der Waals surface area (Å²) >= 11 is 0. The molecule has 1 saturated heterocycles. The van der Waals surface area contributed by atoms with Crippen LogP contribution in [0.25, 0.3) is 0 Å². The van der Waals surface area contributed by atoms with E-state index >= 15 is 0 Å². The second kappa shape index (κ2) is 9.26. The van der Waals surface area contributed by atoms with Gasteiger partial charge in [-0.05, 0) is 38.0 Å². The third kappa shape index (κ3) is 5.61. The van der Waals surface area contributed by atoms with Gasteiger partial charge in [0.15, 0.2) is 5.96 Å². The Bertz CT molecular complexity index is 730. The zero-order valence-electron chi connectivity index (χ0n) is 16.4. The van der Waals surface area contributed by atoms with Crippen molar-refractivity contribution in [2.24, 2.45) is 4.99 Å². The molecule has 1 aromatic carbocycles. The average molecular weight is 367 g/mol. The van der Waals surface area contributed by atoms with E-state index in [4.69, 9.17) is 4.74 Å². The number of aromatic nitrogens is 1. The van der Waals surface area contributed by atoms with Gasteiger partial charge in [-0.1, -0.05) is 24.3 Å². The van der Waals surface area contributed by atoms with E-state index in [0.29, 0.717) is 18.5 Å². The Morgan fingerprint density at radius 3 is 2.74 bits per heavy atom. The number of ether oxygens (including phenoxy) is 1. The molecule has 1 fully saturated rings. The van der Waals surface area contributed by atoms with E-state index in [-0.39, 0.29) is 6.10 Å². The molecule has 144 valence electrons. The van der Waals surface area contributed by atoms with Crippen LogP contribution in [0.1, 0.15) is 25.8 Å². The van der Waals surface area contributed by atoms with Crippen LogP contribution in [0.4, 0.5) is 5.69 Å². The molecular weight excluding hydrogens is 338 g/mol. The molecule has 1 aliphatic rings. The van der Waals surface area contributed by atoms with Crippen LogP contribution < -0.4 is 20.3 Å². The molecule has 3 rings (SSSR count). The van der Waals surface area contributed by atoms with Crippen molar-refractivity contribution in [2.75, 3.05) is 25.0 Å². The molecule has 27 heavy (non-hydrogen) atoms. The normalized spacial score (nSPS) is 17.3. The lowest BCUT2D eigenvalue weighted by molar-refractivity contribution is 0.232. The van der Waals surface area contributed by atoms with Crippen LogP contribution in [0.15, 0.2) is 53.7 Å². The number of nitrogens with zero attached hydrogens (tertiary/aromatic N) is 3. The van der Waals surface area contributed by atoms with Crippen LogP contribution in [0, 0.1) is 0 Å². The van der Waals surface area contributed by atoms with Gasteiger partial charge >= 0.3 is 0 Å². The van der Waals surface area contributed by atoms with Crippen molar-refractivity contribution in [2.45, 2.75) is 39.0 Å². The van der Waals surface area contributed by atoms with Crippen LogP contribution in [-0.2, 0) is 6.54 Å². The second-order valence-electron chi connectivity index (χ2n) is 7.01. The summed E-state index contributed by atoms with van der Waals surface area (Å²) < 4.78 is 5.58. The first kappa shape index (κ1) is 19.0. The monoisotopic (exact) mass is 367 g/mol. The minimum Gasteiger partial charge on any atom is -0.475 e. The van der Waals surface area contributed by atoms with Crippen molar-refractivity contribution in [3.05, 3.63) is 54.2 Å². The van der Waals surface area contributed by atoms with Gasteiger partial charge in [-0.15, -0.1) is 0 Å². The molecule has 6 heteroatoms. The molecular formula is C21H29N5O. The van der Waals surface area contributed by atoms with Crippen molar-refractivity contribution >= 4 is 11.6 Å². The van der Waals surface area contributed by atoms with Crippen LogP contribution in [0.3, 0.4) is 0 Å². The number of para-hydroxylation sites is 1. The number of benzene rings is 1. The molecule has 2 N–H and O–H groups in total. The first-order valence-electron chi connectivity index (χ1n) is 9.53. The summed E-state index contributed by atoms with van der Waals surface area (Å²) in [5, 5.41) is 6.89. The van der Waals surface area contributed by atoms with Crippen molar-refractivity contribution in [3.63, 3.8) is 0 Å². The van der Waals surface area contributed by atoms with E-state index in [1.165, 1.54) is 5.69 Å². The molecule has 2 aromatic rings. The van der Waals surface area contributed by atoms with E-state index in [2.05, 4.69) is 55.8 Å². The predicted molar refractivity (Wildman–Crippen MR) is 110 cm³/mol. The van der Waals surface area contributed by atoms with Crippen LogP contribution >= 0.6 is 0 Å². The van der Waals surface area contributed by atoms with E-state index in [9.17, 15) is 0 Å². The maximum atomic E-state index is 5.58. The number of nitrogens with one attached hydrogen (secondary N) is 2. The van der Waals surface area contributed by atoms with Crippen molar-refractivity contribution in [3.8, 4) is 5.88 Å². The van der Waals surface area contributed by atoms with Gasteiger partial charge in [0.25, 0.3) is 0 Å². The molecule has 6 nitrogen and oxygen atoms in total. The Kier molecular flexibility index (Phi) is 6.52. The fourth-order valence-electron chi connectivity index (χ4n) is 3.15. The van der Waals surface area contributed by atoms with Crippen LogP contribution in [0.2, 0.25) is 0 Å². The summed E-state index contributed by atoms with van der Waals surface area (Å²) in [5.41, 5.74) is 2.37. The number of guanidine groups is 1. The number of pyridine rings is 1. The highest BCUT2D eigenvalue weighted by Crippen LogP contribution is 2.19. The third-order valence-electron chi connectivity index (χ3n) is 4.49. The predicted octanol–water partition coefficient (Wildman–Crippen LogP) is 2.81. The number of aliphatic imine (C=N–C) groups is 1. The minimum absolute atomic E-state index is 0.131. The van der Waals surface area contributed by atoms with Crippen molar-refractivity contribution in [1.82, 2.24) is 15.6 Å². The van der Waals surface area contributed by atoms with Crippen LogP contribution in [0.5, 0.6) is 5.88 Å². The van der Waals surface area contributed by atoms with Gasteiger partial charge in [0.05, 0.1) is 6.10 Å². The number of rotatable bonds is 6. The molecule has 0 aliphatic carbocycles. The SMILES string of the molecule is CN=C(NCc1ccc(OC(C)C)nc1)NC1CCN(c2ccccc2)C1. The lowest BCUT2D eigenvalue weighted by Crippen LogP contribution is -2.44. The molecule has 0 bridgehead atoms. The maximum absolute atomic E-state index is 5.58. The second-order valence-corrected chi connectivity index (χ2v) is 7.01. The Balaban J connectivity index is 1.47. The summed E-state index contributed by atoms with van der Waals surface area (Å²) in [6.45, 7) is 6.70. The summed E-state index contributed by atoms with van der Waals surface area (Å²) in [5.74, 6) is 1.47. The molecule has 1 atom stereocenters. The Morgan fingerprint density at radius 1 is 1.26 bits per heavy atom. The van der Waals surface area contributed by atoms with Gasteiger partial charge in [-0.2, -0.15) is 0 Å². The highest BCUT2D eigenvalue weighted by Gasteiger charge is 2.23. The smallest absolute Gasteiger partial charge is 0.213 e. The summed E-state index contributed by atoms with van der Waals surface area (Å²) in [4.78, 5) is 11.1. The zero-order chi connectivity index (χ0) is 19.1. The van der Waals surface area contributed by atoms with Gasteiger partial charge in [-0.25, -0.2) is 4.98 Å². The molecule has 1 aromatic heterocycles. The molecule has 1 unspecified atom stereocenters. The third-order valence-corrected chi connectivity index (χ3v) is 4.49. The summed E-state index contributed by atoms with van der Waals surface area (Å²) in [6, 6.07) is 14.9.